The number of likely N-dealkylation sites (tertiary alicyclic amines) is 2. The maximum Gasteiger partial charge on any atom is 0.326 e. The highest BCUT2D eigenvalue weighted by Gasteiger charge is 2.41. The van der Waals surface area contributed by atoms with Crippen molar-refractivity contribution >= 4 is 53.3 Å². The third kappa shape index (κ3) is 13.9. The fourth-order valence-electron chi connectivity index (χ4n) is 7.25. The molecule has 22 heteroatoms. The number of nitrogens with one attached hydrogen (secondary N) is 5. The second-order valence-corrected chi connectivity index (χ2v) is 15.3. The fourth-order valence-corrected chi connectivity index (χ4v) is 7.25. The van der Waals surface area contributed by atoms with E-state index in [2.05, 4.69) is 26.6 Å². The van der Waals surface area contributed by atoms with Gasteiger partial charge in [-0.2, -0.15) is 0 Å². The highest BCUT2D eigenvalue weighted by Crippen LogP contribution is 2.22. The molecule has 2 aliphatic rings. The number of amides is 7. The standard InChI is InChI=1S/C41H54N8O14/c1-22(51)34(42)38(59)43-20-32(53)44-27(18-24-11-13-25(52)14-12-24)39(60)48-15-5-9-30(48)37(58)47-29(21-50)36(57)45-26(17-23-7-3-2-4-8-23)35(56)46-28(19-33(54)55)40(61)49-16-6-10-31(49)41(62)63/h2-4,7-8,11-14,22,26-31,34,50-52H,5-6,9-10,15-21,42H2,1H3,(H,43,59)(H,44,53)(H,45,57)(H,46,56)(H,47,58)(H,54,55)(H,62,63)/t22-,26+,27+,28+,29+,30+,31+,34+/m1/s1. The first-order valence-electron chi connectivity index (χ1n) is 20.3. The highest BCUT2D eigenvalue weighted by atomic mass is 16.4. The predicted octanol–water partition coefficient (Wildman–Crippen LogP) is -3.53. The number of carbonyl (C=O) groups excluding carboxylic acids is 7. The molecule has 0 saturated carbocycles. The lowest BCUT2D eigenvalue weighted by Crippen LogP contribution is -2.60. The van der Waals surface area contributed by atoms with E-state index in [9.17, 15) is 68.7 Å². The monoisotopic (exact) mass is 882 g/mol. The second kappa shape index (κ2) is 23.0. The number of rotatable bonds is 21. The summed E-state index contributed by atoms with van der Waals surface area (Å²) in [5, 5.41) is 60.9. The minimum absolute atomic E-state index is 0.0162. The lowest BCUT2D eigenvalue weighted by atomic mass is 10.0. The Morgan fingerprint density at radius 3 is 1.83 bits per heavy atom. The SMILES string of the molecule is C[C@@H](O)[C@H](N)C(=O)NCC(=O)N[C@@H](Cc1ccc(O)cc1)C(=O)N1CCC[C@H]1C(=O)N[C@@H](CO)C(=O)N[C@@H](Cc1ccccc1)C(=O)N[C@@H](CC(=O)O)C(=O)N1CCC[C@H]1C(=O)O. The Bertz CT molecular complexity index is 1980. The smallest absolute Gasteiger partial charge is 0.326 e. The van der Waals surface area contributed by atoms with Crippen molar-refractivity contribution in [2.45, 2.75) is 100 Å². The van der Waals surface area contributed by atoms with Crippen LogP contribution in [0.4, 0.5) is 0 Å². The van der Waals surface area contributed by atoms with Crippen LogP contribution in [0.25, 0.3) is 0 Å². The zero-order valence-electron chi connectivity index (χ0n) is 34.5. The van der Waals surface area contributed by atoms with Gasteiger partial charge in [0.05, 0.1) is 25.7 Å². The Balaban J connectivity index is 1.50. The van der Waals surface area contributed by atoms with Crippen LogP contribution in [0.1, 0.15) is 50.2 Å². The van der Waals surface area contributed by atoms with E-state index >= 15 is 0 Å². The molecule has 342 valence electrons. The number of nitrogens with zero attached hydrogens (tertiary/aromatic N) is 2. The van der Waals surface area contributed by atoms with Crippen molar-refractivity contribution in [3.05, 3.63) is 65.7 Å². The molecule has 2 aromatic rings. The molecule has 2 aliphatic heterocycles. The third-order valence-corrected chi connectivity index (χ3v) is 10.6. The number of carboxylic acids is 2. The number of aliphatic hydroxyl groups excluding tert-OH is 2. The fraction of sp³-hybridized carbons (Fsp3) is 0.488. The number of hydrogen-bond acceptors (Lipinski definition) is 13. The van der Waals surface area contributed by atoms with E-state index in [0.29, 0.717) is 24.0 Å². The zero-order chi connectivity index (χ0) is 46.4. The zero-order valence-corrected chi connectivity index (χ0v) is 34.5. The molecule has 2 aromatic carbocycles. The van der Waals surface area contributed by atoms with Gasteiger partial charge in [0.25, 0.3) is 0 Å². The van der Waals surface area contributed by atoms with Gasteiger partial charge in [-0.05, 0) is 55.9 Å². The molecular formula is C41H54N8O14. The van der Waals surface area contributed by atoms with E-state index in [1.807, 2.05) is 0 Å². The molecule has 0 unspecified atom stereocenters. The summed E-state index contributed by atoms with van der Waals surface area (Å²) >= 11 is 0. The molecular weight excluding hydrogens is 828 g/mol. The summed E-state index contributed by atoms with van der Waals surface area (Å²) in [6, 6.07) is 4.08. The van der Waals surface area contributed by atoms with Crippen molar-refractivity contribution in [1.29, 1.82) is 0 Å². The summed E-state index contributed by atoms with van der Waals surface area (Å²) in [6.45, 7) is -0.232. The van der Waals surface area contributed by atoms with Crippen molar-refractivity contribution < 1.29 is 68.7 Å². The van der Waals surface area contributed by atoms with Crippen LogP contribution in [0, 0.1) is 0 Å². The van der Waals surface area contributed by atoms with Crippen LogP contribution in [-0.4, -0.2) is 163 Å². The molecule has 4 rings (SSSR count). The first kappa shape index (κ1) is 49.0. The van der Waals surface area contributed by atoms with Crippen LogP contribution in [-0.2, 0) is 56.0 Å². The van der Waals surface area contributed by atoms with Crippen molar-refractivity contribution in [2.75, 3.05) is 26.2 Å². The summed E-state index contributed by atoms with van der Waals surface area (Å²) < 4.78 is 0. The Morgan fingerprint density at radius 2 is 1.24 bits per heavy atom. The molecule has 0 bridgehead atoms. The number of aliphatic hydroxyl groups is 2. The van der Waals surface area contributed by atoms with Gasteiger partial charge in [0.15, 0.2) is 0 Å². The van der Waals surface area contributed by atoms with E-state index in [1.165, 1.54) is 36.1 Å². The number of carbonyl (C=O) groups is 9. The molecule has 0 spiro atoms. The number of carboxylic acid groups (broad SMARTS) is 2. The average Bonchev–Trinajstić information content (AvgIpc) is 3.95. The average molecular weight is 883 g/mol. The molecule has 12 N–H and O–H groups in total. The van der Waals surface area contributed by atoms with Crippen LogP contribution >= 0.6 is 0 Å². The first-order valence-corrected chi connectivity index (χ1v) is 20.3. The van der Waals surface area contributed by atoms with Crippen molar-refractivity contribution in [3.8, 4) is 5.75 Å². The van der Waals surface area contributed by atoms with Gasteiger partial charge in [-0.25, -0.2) is 4.79 Å². The van der Waals surface area contributed by atoms with Gasteiger partial charge < -0.3 is 67.7 Å². The van der Waals surface area contributed by atoms with Crippen molar-refractivity contribution in [3.63, 3.8) is 0 Å². The molecule has 2 saturated heterocycles. The molecule has 2 fully saturated rings. The molecule has 8 atom stereocenters. The van der Waals surface area contributed by atoms with E-state index < -0.39 is 121 Å². The molecule has 22 nitrogen and oxygen atoms in total. The van der Waals surface area contributed by atoms with Gasteiger partial charge in [0.2, 0.25) is 41.4 Å². The molecule has 0 aliphatic carbocycles. The predicted molar refractivity (Wildman–Crippen MR) is 219 cm³/mol. The maximum absolute atomic E-state index is 14.1. The Morgan fingerprint density at radius 1 is 0.698 bits per heavy atom. The quantitative estimate of drug-likeness (QED) is 0.0579. The first-order chi connectivity index (χ1) is 29.9. The summed E-state index contributed by atoms with van der Waals surface area (Å²) in [6.07, 6.45) is -1.52. The van der Waals surface area contributed by atoms with Crippen LogP contribution < -0.4 is 32.3 Å². The van der Waals surface area contributed by atoms with Crippen LogP contribution in [0.5, 0.6) is 5.75 Å². The summed E-state index contributed by atoms with van der Waals surface area (Å²) in [7, 11) is 0. The van der Waals surface area contributed by atoms with Gasteiger partial charge in [-0.3, -0.25) is 38.4 Å². The van der Waals surface area contributed by atoms with E-state index in [0.717, 1.165) is 4.90 Å². The number of phenols is 1. The van der Waals surface area contributed by atoms with Crippen molar-refractivity contribution in [1.82, 2.24) is 36.4 Å². The van der Waals surface area contributed by atoms with Gasteiger partial charge in [0, 0.05) is 25.9 Å². The topological polar surface area (TPSA) is 347 Å². The van der Waals surface area contributed by atoms with Crippen molar-refractivity contribution in [2.24, 2.45) is 5.73 Å². The minimum atomic E-state index is -1.71. The maximum atomic E-state index is 14.1. The van der Waals surface area contributed by atoms with Crippen LogP contribution in [0.3, 0.4) is 0 Å². The molecule has 7 amide bonds. The van der Waals surface area contributed by atoms with E-state index in [4.69, 9.17) is 5.73 Å². The number of hydrogen-bond donors (Lipinski definition) is 11. The lowest BCUT2D eigenvalue weighted by molar-refractivity contribution is -0.150. The number of aliphatic carboxylic acids is 2. The van der Waals surface area contributed by atoms with Crippen LogP contribution in [0.2, 0.25) is 0 Å². The number of phenolic OH excluding ortho intramolecular Hbond substituents is 1. The summed E-state index contributed by atoms with van der Waals surface area (Å²) in [4.78, 5) is 120. The molecule has 0 aromatic heterocycles. The molecule has 63 heavy (non-hydrogen) atoms. The number of aromatic hydroxyl groups is 1. The largest absolute Gasteiger partial charge is 0.508 e. The Labute approximate surface area is 361 Å². The highest BCUT2D eigenvalue weighted by molar-refractivity contribution is 5.98. The summed E-state index contributed by atoms with van der Waals surface area (Å²) in [5.41, 5.74) is 6.66. The Hall–Kier alpha value is -6.65. The summed E-state index contributed by atoms with van der Waals surface area (Å²) in [5.74, 6) is -9.02. The van der Waals surface area contributed by atoms with E-state index in [-0.39, 0.29) is 44.5 Å². The van der Waals surface area contributed by atoms with Gasteiger partial charge >= 0.3 is 11.9 Å². The van der Waals surface area contributed by atoms with Crippen LogP contribution in [0.15, 0.2) is 54.6 Å². The number of nitrogens with two attached hydrogens (primary N) is 1. The third-order valence-electron chi connectivity index (χ3n) is 10.6. The lowest BCUT2D eigenvalue weighted by Gasteiger charge is -2.30. The van der Waals surface area contributed by atoms with Gasteiger partial charge in [-0.15, -0.1) is 0 Å². The normalized spacial score (nSPS) is 18.7. The van der Waals surface area contributed by atoms with E-state index in [1.54, 1.807) is 30.3 Å². The van der Waals surface area contributed by atoms with Gasteiger partial charge in [-0.1, -0.05) is 42.5 Å². The molecule has 0 radical (unpaired) electrons. The number of benzene rings is 2. The Kier molecular flexibility index (Phi) is 17.9. The van der Waals surface area contributed by atoms with Gasteiger partial charge in [0.1, 0.15) is 48.0 Å². The minimum Gasteiger partial charge on any atom is -0.508 e. The molecule has 2 heterocycles. The second-order valence-electron chi connectivity index (χ2n) is 15.3.